The number of nitrogens with zero attached hydrogens (tertiary/aromatic N) is 1. The standard InChI is InChI=1S/C14H27NO2/c1-10(2)8-12(15-9-11(3)4)13(16)17-14(5,6)7/h9-12H,8H2,1-7H3/b15-9+. The minimum absolute atomic E-state index is 0.219. The Hall–Kier alpha value is -0.860. The summed E-state index contributed by atoms with van der Waals surface area (Å²) in [4.78, 5) is 16.3. The van der Waals surface area contributed by atoms with E-state index in [1.54, 1.807) is 0 Å². The highest BCUT2D eigenvalue weighted by Gasteiger charge is 2.24. The Bertz CT molecular complexity index is 262. The van der Waals surface area contributed by atoms with Crippen LogP contribution in [0.4, 0.5) is 0 Å². The van der Waals surface area contributed by atoms with E-state index in [0.29, 0.717) is 11.8 Å². The van der Waals surface area contributed by atoms with Crippen molar-refractivity contribution < 1.29 is 9.53 Å². The number of hydrogen-bond acceptors (Lipinski definition) is 3. The van der Waals surface area contributed by atoms with E-state index in [-0.39, 0.29) is 12.0 Å². The van der Waals surface area contributed by atoms with Gasteiger partial charge in [-0.15, -0.1) is 0 Å². The Kier molecular flexibility index (Phi) is 6.43. The summed E-state index contributed by atoms with van der Waals surface area (Å²) in [5.74, 6) is 0.562. The summed E-state index contributed by atoms with van der Waals surface area (Å²) in [6, 6.07) is -0.364. The largest absolute Gasteiger partial charge is 0.458 e. The van der Waals surface area contributed by atoms with Gasteiger partial charge < -0.3 is 4.74 Å². The van der Waals surface area contributed by atoms with Gasteiger partial charge in [0.1, 0.15) is 11.6 Å². The van der Waals surface area contributed by atoms with Crippen LogP contribution in [0.1, 0.15) is 54.9 Å². The number of aliphatic imine (C=N–C) groups is 1. The first-order valence-electron chi connectivity index (χ1n) is 6.38. The van der Waals surface area contributed by atoms with E-state index in [9.17, 15) is 4.79 Å². The second-order valence-electron chi connectivity index (χ2n) is 6.22. The van der Waals surface area contributed by atoms with Crippen LogP contribution in [0.2, 0.25) is 0 Å². The maximum atomic E-state index is 12.0. The second kappa shape index (κ2) is 6.77. The van der Waals surface area contributed by atoms with Gasteiger partial charge in [-0.3, -0.25) is 4.99 Å². The van der Waals surface area contributed by atoms with Crippen LogP contribution in [0, 0.1) is 11.8 Å². The van der Waals surface area contributed by atoms with Crippen molar-refractivity contribution in [2.75, 3.05) is 0 Å². The van der Waals surface area contributed by atoms with E-state index in [4.69, 9.17) is 4.74 Å². The highest BCUT2D eigenvalue weighted by atomic mass is 16.6. The average Bonchev–Trinajstić information content (AvgIpc) is 2.08. The molecule has 0 heterocycles. The minimum atomic E-state index is -0.445. The second-order valence-corrected chi connectivity index (χ2v) is 6.22. The summed E-state index contributed by atoms with van der Waals surface area (Å²) in [6.07, 6.45) is 2.56. The van der Waals surface area contributed by atoms with E-state index < -0.39 is 5.60 Å². The molecule has 0 aliphatic heterocycles. The zero-order valence-electron chi connectivity index (χ0n) is 12.3. The SMILES string of the molecule is CC(C)/C=N/C(CC(C)C)C(=O)OC(C)(C)C. The molecule has 0 aromatic heterocycles. The Morgan fingerprint density at radius 1 is 1.24 bits per heavy atom. The van der Waals surface area contributed by atoms with Crippen molar-refractivity contribution in [2.45, 2.75) is 66.5 Å². The topological polar surface area (TPSA) is 38.7 Å². The van der Waals surface area contributed by atoms with Crippen molar-refractivity contribution in [1.29, 1.82) is 0 Å². The van der Waals surface area contributed by atoms with Crippen LogP contribution in [0.3, 0.4) is 0 Å². The van der Waals surface area contributed by atoms with Crippen LogP contribution in [0.15, 0.2) is 4.99 Å². The fraction of sp³-hybridized carbons (Fsp3) is 0.857. The van der Waals surface area contributed by atoms with E-state index in [1.165, 1.54) is 0 Å². The zero-order chi connectivity index (χ0) is 13.6. The number of hydrogen-bond donors (Lipinski definition) is 0. The van der Waals surface area contributed by atoms with Crippen LogP contribution in [-0.4, -0.2) is 23.8 Å². The predicted octanol–water partition coefficient (Wildman–Crippen LogP) is 3.47. The van der Waals surface area contributed by atoms with Crippen molar-refractivity contribution in [2.24, 2.45) is 16.8 Å². The molecule has 0 radical (unpaired) electrons. The lowest BCUT2D eigenvalue weighted by Crippen LogP contribution is -2.32. The Morgan fingerprint density at radius 3 is 2.12 bits per heavy atom. The molecular weight excluding hydrogens is 214 g/mol. The lowest BCUT2D eigenvalue weighted by Gasteiger charge is -2.23. The smallest absolute Gasteiger partial charge is 0.331 e. The number of carbonyl (C=O) groups is 1. The molecule has 0 saturated carbocycles. The first-order chi connectivity index (χ1) is 7.61. The van der Waals surface area contributed by atoms with Crippen molar-refractivity contribution in [3.63, 3.8) is 0 Å². The molecule has 0 rings (SSSR count). The summed E-state index contributed by atoms with van der Waals surface area (Å²) < 4.78 is 5.38. The quantitative estimate of drug-likeness (QED) is 0.546. The minimum Gasteiger partial charge on any atom is -0.458 e. The number of esters is 1. The summed E-state index contributed by atoms with van der Waals surface area (Å²) in [5, 5.41) is 0. The van der Waals surface area contributed by atoms with Crippen LogP contribution in [0.5, 0.6) is 0 Å². The molecule has 0 aromatic rings. The summed E-state index contributed by atoms with van der Waals surface area (Å²) in [5.41, 5.74) is -0.445. The Balaban J connectivity index is 4.62. The maximum Gasteiger partial charge on any atom is 0.331 e. The molecule has 1 unspecified atom stereocenters. The first-order valence-corrected chi connectivity index (χ1v) is 6.38. The van der Waals surface area contributed by atoms with Gasteiger partial charge in [-0.25, -0.2) is 4.79 Å². The lowest BCUT2D eigenvalue weighted by atomic mass is 10.0. The molecule has 1 atom stereocenters. The summed E-state index contributed by atoms with van der Waals surface area (Å²) in [6.45, 7) is 13.9. The van der Waals surface area contributed by atoms with Gasteiger partial charge in [0.25, 0.3) is 0 Å². The highest BCUT2D eigenvalue weighted by molar-refractivity contribution is 5.78. The van der Waals surface area contributed by atoms with Gasteiger partial charge in [-0.05, 0) is 39.0 Å². The van der Waals surface area contributed by atoms with Gasteiger partial charge >= 0.3 is 5.97 Å². The molecule has 3 nitrogen and oxygen atoms in total. The predicted molar refractivity (Wildman–Crippen MR) is 72.4 cm³/mol. The third-order valence-corrected chi connectivity index (χ3v) is 1.94. The van der Waals surface area contributed by atoms with E-state index in [2.05, 4.69) is 18.8 Å². The monoisotopic (exact) mass is 241 g/mol. The van der Waals surface area contributed by atoms with Gasteiger partial charge in [-0.1, -0.05) is 27.7 Å². The van der Waals surface area contributed by atoms with Crippen LogP contribution in [0.25, 0.3) is 0 Å². The molecule has 0 aliphatic carbocycles. The van der Waals surface area contributed by atoms with Gasteiger partial charge in [0, 0.05) is 6.21 Å². The molecule has 0 aliphatic rings. The molecule has 3 heteroatoms. The molecular formula is C14H27NO2. The number of carbonyl (C=O) groups excluding carboxylic acids is 1. The van der Waals surface area contributed by atoms with Crippen molar-refractivity contribution in [1.82, 2.24) is 0 Å². The molecule has 0 bridgehead atoms. The number of ether oxygens (including phenoxy) is 1. The fourth-order valence-electron chi connectivity index (χ4n) is 1.31. The van der Waals surface area contributed by atoms with Crippen molar-refractivity contribution in [3.8, 4) is 0 Å². The highest BCUT2D eigenvalue weighted by Crippen LogP contribution is 2.15. The molecule has 17 heavy (non-hydrogen) atoms. The average molecular weight is 241 g/mol. The molecule has 0 aromatic carbocycles. The summed E-state index contributed by atoms with van der Waals surface area (Å²) in [7, 11) is 0. The zero-order valence-corrected chi connectivity index (χ0v) is 12.3. The Morgan fingerprint density at radius 2 is 1.76 bits per heavy atom. The molecule has 0 N–H and O–H groups in total. The van der Waals surface area contributed by atoms with Crippen molar-refractivity contribution >= 4 is 12.2 Å². The third kappa shape index (κ3) is 8.90. The van der Waals surface area contributed by atoms with Gasteiger partial charge in [0.05, 0.1) is 0 Å². The van der Waals surface area contributed by atoms with Gasteiger partial charge in [0.2, 0.25) is 0 Å². The lowest BCUT2D eigenvalue weighted by molar-refractivity contribution is -0.156. The molecule has 100 valence electrons. The molecule has 0 spiro atoms. The van der Waals surface area contributed by atoms with E-state index in [1.807, 2.05) is 40.8 Å². The van der Waals surface area contributed by atoms with Gasteiger partial charge in [-0.2, -0.15) is 0 Å². The molecule has 0 saturated heterocycles. The normalized spacial score (nSPS) is 14.6. The molecule has 0 fully saturated rings. The third-order valence-electron chi connectivity index (χ3n) is 1.94. The maximum absolute atomic E-state index is 12.0. The summed E-state index contributed by atoms with van der Waals surface area (Å²) >= 11 is 0. The first kappa shape index (κ1) is 16.1. The fourth-order valence-corrected chi connectivity index (χ4v) is 1.31. The van der Waals surface area contributed by atoms with Crippen LogP contribution in [-0.2, 0) is 9.53 Å². The van der Waals surface area contributed by atoms with Crippen molar-refractivity contribution in [3.05, 3.63) is 0 Å². The van der Waals surface area contributed by atoms with E-state index in [0.717, 1.165) is 6.42 Å². The van der Waals surface area contributed by atoms with Gasteiger partial charge in [0.15, 0.2) is 0 Å². The Labute approximate surface area is 106 Å². The van der Waals surface area contributed by atoms with Crippen LogP contribution >= 0.6 is 0 Å². The van der Waals surface area contributed by atoms with Crippen LogP contribution < -0.4 is 0 Å². The number of rotatable bonds is 5. The van der Waals surface area contributed by atoms with E-state index >= 15 is 0 Å². The molecule has 0 amide bonds.